The lowest BCUT2D eigenvalue weighted by atomic mass is 10.5. The Morgan fingerprint density at radius 1 is 1.58 bits per heavy atom. The van der Waals surface area contributed by atoms with Crippen LogP contribution < -0.4 is 0 Å². The van der Waals surface area contributed by atoms with E-state index in [2.05, 4.69) is 21.3 Å². The molecule has 1 rings (SSSR count). The average Bonchev–Trinajstić information content (AvgIpc) is 2.87. The zero-order valence-electron chi connectivity index (χ0n) is 6.99. The molecule has 12 heavy (non-hydrogen) atoms. The van der Waals surface area contributed by atoms with Gasteiger partial charge in [-0.15, -0.1) is 0 Å². The van der Waals surface area contributed by atoms with Gasteiger partial charge in [0.25, 0.3) is 0 Å². The maximum atomic E-state index is 10.4. The molecule has 0 spiro atoms. The van der Waals surface area contributed by atoms with E-state index in [9.17, 15) is 4.79 Å². The zero-order chi connectivity index (χ0) is 8.81. The summed E-state index contributed by atoms with van der Waals surface area (Å²) in [7, 11) is 0. The number of hydrogen-bond donors (Lipinski definition) is 0. The number of carbonyl (C=O) groups is 1. The first-order chi connectivity index (χ1) is 5.83. The smallest absolute Gasteiger partial charge is 0.301 e. The summed E-state index contributed by atoms with van der Waals surface area (Å²) in [4.78, 5) is 21.7. The highest BCUT2D eigenvalue weighted by Crippen LogP contribution is 2.03. The number of carbonyl (C=O) groups excluding carboxylic acids is 1. The zero-order valence-corrected chi connectivity index (χ0v) is 6.99. The molecule has 68 valence electrons. The van der Waals surface area contributed by atoms with Crippen LogP contribution >= 0.6 is 0 Å². The number of nitrogens with zero attached hydrogens (tertiary/aromatic N) is 1. The predicted molar refractivity (Wildman–Crippen MR) is 43.3 cm³/mol. The van der Waals surface area contributed by atoms with E-state index in [4.69, 9.17) is 0 Å². The summed E-state index contributed by atoms with van der Waals surface area (Å²) in [6.07, 6.45) is 1.97. The van der Waals surface area contributed by atoms with Crippen molar-refractivity contribution in [2.45, 2.75) is 6.42 Å². The van der Waals surface area contributed by atoms with Gasteiger partial charge in [0.2, 0.25) is 0 Å². The van der Waals surface area contributed by atoms with Crippen molar-refractivity contribution < 1.29 is 14.6 Å². The van der Waals surface area contributed by atoms with Crippen molar-refractivity contribution in [1.29, 1.82) is 0 Å². The van der Waals surface area contributed by atoms with Crippen LogP contribution in [-0.4, -0.2) is 37.1 Å². The molecule has 1 saturated heterocycles. The monoisotopic (exact) mass is 171 g/mol. The molecule has 0 aromatic rings. The fraction of sp³-hybridized carbons (Fsp3) is 0.625. The summed E-state index contributed by atoms with van der Waals surface area (Å²) in [5.74, 6) is -0.540. The van der Waals surface area contributed by atoms with Gasteiger partial charge in [0.1, 0.15) is 0 Å². The molecule has 0 aliphatic carbocycles. The molecule has 4 nitrogen and oxygen atoms in total. The largest absolute Gasteiger partial charge is 0.365 e. The molecule has 4 heteroatoms. The van der Waals surface area contributed by atoms with E-state index in [0.717, 1.165) is 19.0 Å². The van der Waals surface area contributed by atoms with E-state index < -0.39 is 5.97 Å². The molecule has 0 radical (unpaired) electrons. The highest BCUT2D eigenvalue weighted by molar-refractivity contribution is 5.80. The summed E-state index contributed by atoms with van der Waals surface area (Å²) in [5, 5.41) is 0. The van der Waals surface area contributed by atoms with Crippen molar-refractivity contribution in [2.24, 2.45) is 0 Å². The van der Waals surface area contributed by atoms with E-state index in [1.165, 1.54) is 13.1 Å². The minimum Gasteiger partial charge on any atom is -0.301 e. The van der Waals surface area contributed by atoms with E-state index in [0.29, 0.717) is 6.61 Å². The highest BCUT2D eigenvalue weighted by Gasteiger charge is 2.15. The fourth-order valence-corrected chi connectivity index (χ4v) is 0.775. The molecule has 1 heterocycles. The summed E-state index contributed by atoms with van der Waals surface area (Å²) in [6.45, 7) is 7.08. The Kier molecular flexibility index (Phi) is 3.76. The van der Waals surface area contributed by atoms with E-state index >= 15 is 0 Å². The molecule has 0 aromatic carbocycles. The third-order valence-corrected chi connectivity index (χ3v) is 1.55. The topological polar surface area (TPSA) is 38.5 Å². The maximum Gasteiger partial charge on any atom is 0.365 e. The normalized spacial score (nSPS) is 15.7. The van der Waals surface area contributed by atoms with Crippen LogP contribution in [0.4, 0.5) is 0 Å². The highest BCUT2D eigenvalue weighted by atomic mass is 17.2. The predicted octanol–water partition coefficient (Wildman–Crippen LogP) is 0.353. The third-order valence-electron chi connectivity index (χ3n) is 1.55. The Balaban J connectivity index is 1.81. The molecular weight excluding hydrogens is 158 g/mol. The Morgan fingerprint density at radius 2 is 2.33 bits per heavy atom. The lowest BCUT2D eigenvalue weighted by Gasteiger charge is -2.01. The number of hydrogen-bond acceptors (Lipinski definition) is 4. The van der Waals surface area contributed by atoms with Crippen LogP contribution in [-0.2, 0) is 14.6 Å². The third kappa shape index (κ3) is 4.10. The van der Waals surface area contributed by atoms with Gasteiger partial charge >= 0.3 is 5.97 Å². The second-order valence-electron chi connectivity index (χ2n) is 2.62. The maximum absolute atomic E-state index is 10.4. The first-order valence-electron chi connectivity index (χ1n) is 4.01. The van der Waals surface area contributed by atoms with Crippen molar-refractivity contribution >= 4 is 5.97 Å². The van der Waals surface area contributed by atoms with Crippen molar-refractivity contribution in [2.75, 3.05) is 26.2 Å². The molecule has 0 saturated carbocycles. The van der Waals surface area contributed by atoms with Crippen LogP contribution in [0.3, 0.4) is 0 Å². The van der Waals surface area contributed by atoms with Crippen LogP contribution in [0, 0.1) is 0 Å². The van der Waals surface area contributed by atoms with Crippen LogP contribution in [0.25, 0.3) is 0 Å². The molecule has 0 unspecified atom stereocenters. The van der Waals surface area contributed by atoms with Crippen molar-refractivity contribution in [3.63, 3.8) is 0 Å². The number of rotatable bonds is 6. The van der Waals surface area contributed by atoms with Crippen LogP contribution in [0.5, 0.6) is 0 Å². The lowest BCUT2D eigenvalue weighted by Crippen LogP contribution is -2.07. The van der Waals surface area contributed by atoms with Gasteiger partial charge in [-0.3, -0.25) is 4.89 Å². The summed E-state index contributed by atoms with van der Waals surface area (Å²) in [6, 6.07) is 0. The molecule has 1 aliphatic rings. The van der Waals surface area contributed by atoms with Crippen molar-refractivity contribution in [3.05, 3.63) is 12.7 Å². The van der Waals surface area contributed by atoms with Gasteiger partial charge in [0.15, 0.2) is 0 Å². The molecule has 0 bridgehead atoms. The molecule has 0 N–H and O–H groups in total. The Morgan fingerprint density at radius 3 is 2.92 bits per heavy atom. The molecule has 0 amide bonds. The van der Waals surface area contributed by atoms with Crippen molar-refractivity contribution in [3.8, 4) is 0 Å². The van der Waals surface area contributed by atoms with Gasteiger partial charge in [-0.1, -0.05) is 6.58 Å². The van der Waals surface area contributed by atoms with Crippen molar-refractivity contribution in [1.82, 2.24) is 4.90 Å². The summed E-state index contributed by atoms with van der Waals surface area (Å²) in [5.41, 5.74) is 0. The Labute approximate surface area is 71.7 Å². The van der Waals surface area contributed by atoms with Crippen LogP contribution in [0.1, 0.15) is 6.42 Å². The van der Waals surface area contributed by atoms with Gasteiger partial charge < -0.3 is 4.90 Å². The van der Waals surface area contributed by atoms with Crippen LogP contribution in [0.15, 0.2) is 12.7 Å². The van der Waals surface area contributed by atoms with Gasteiger partial charge in [-0.2, -0.15) is 4.89 Å². The molecule has 1 aliphatic heterocycles. The van der Waals surface area contributed by atoms with Gasteiger partial charge in [-0.25, -0.2) is 4.79 Å². The molecule has 0 atom stereocenters. The van der Waals surface area contributed by atoms with Gasteiger partial charge in [0.05, 0.1) is 6.61 Å². The summed E-state index contributed by atoms with van der Waals surface area (Å²) >= 11 is 0. The first kappa shape index (κ1) is 9.22. The molecular formula is C8H13NO3. The minimum atomic E-state index is -0.540. The standard InChI is InChI=1S/C8H13NO3/c1-2-8(10)12-11-7-3-4-9-5-6-9/h2H,1,3-7H2. The van der Waals surface area contributed by atoms with E-state index in [1.54, 1.807) is 0 Å². The fourth-order valence-electron chi connectivity index (χ4n) is 0.775. The van der Waals surface area contributed by atoms with E-state index in [-0.39, 0.29) is 0 Å². The lowest BCUT2D eigenvalue weighted by molar-refractivity contribution is -0.267. The molecule has 0 aromatic heterocycles. The van der Waals surface area contributed by atoms with E-state index in [1.807, 2.05) is 0 Å². The second-order valence-corrected chi connectivity index (χ2v) is 2.62. The van der Waals surface area contributed by atoms with Gasteiger partial charge in [0, 0.05) is 25.7 Å². The quantitative estimate of drug-likeness (QED) is 0.190. The minimum absolute atomic E-state index is 0.454. The molecule has 1 fully saturated rings. The SMILES string of the molecule is C=CC(=O)OOCCCN1CC1. The van der Waals surface area contributed by atoms with Gasteiger partial charge in [-0.05, 0) is 6.42 Å². The first-order valence-corrected chi connectivity index (χ1v) is 4.01. The second kappa shape index (κ2) is 4.90. The average molecular weight is 171 g/mol. The Bertz CT molecular complexity index is 166. The van der Waals surface area contributed by atoms with Crippen LogP contribution in [0.2, 0.25) is 0 Å². The Hall–Kier alpha value is -0.870. The summed E-state index contributed by atoms with van der Waals surface area (Å²) < 4.78 is 0.